The fourth-order valence-electron chi connectivity index (χ4n) is 1.46. The summed E-state index contributed by atoms with van der Waals surface area (Å²) < 4.78 is 0. The van der Waals surface area contributed by atoms with Crippen LogP contribution in [0, 0.1) is 10.1 Å². The van der Waals surface area contributed by atoms with E-state index in [9.17, 15) is 10.1 Å². The second-order valence-electron chi connectivity index (χ2n) is 4.08. The van der Waals surface area contributed by atoms with Crippen LogP contribution in [-0.2, 0) is 6.54 Å². The van der Waals surface area contributed by atoms with Crippen molar-refractivity contribution in [2.75, 3.05) is 18.1 Å². The standard InChI is InChI=1S/C13H20N4O2S/c1-2-7-20-8-6-15-13(11-17(18)19)16-10-12-4-3-5-14-9-12/h3-5,9,11,15-16H,2,6-8,10H2,1H3. The molecule has 20 heavy (non-hydrogen) atoms. The maximum atomic E-state index is 10.6. The third-order valence-electron chi connectivity index (χ3n) is 2.35. The Kier molecular flexibility index (Phi) is 8.21. The molecule has 0 bridgehead atoms. The molecular formula is C13H20N4O2S. The molecule has 1 aromatic heterocycles. The molecule has 1 rings (SSSR count). The summed E-state index contributed by atoms with van der Waals surface area (Å²) in [6.45, 7) is 3.33. The normalized spacial score (nSPS) is 11.2. The molecule has 0 aromatic carbocycles. The fraction of sp³-hybridized carbons (Fsp3) is 0.462. The van der Waals surface area contributed by atoms with Crippen LogP contribution in [0.4, 0.5) is 0 Å². The van der Waals surface area contributed by atoms with Crippen molar-refractivity contribution in [3.8, 4) is 0 Å². The largest absolute Gasteiger partial charge is 0.366 e. The molecule has 0 radical (unpaired) electrons. The molecule has 1 heterocycles. The molecule has 0 aliphatic rings. The Labute approximate surface area is 123 Å². The van der Waals surface area contributed by atoms with Gasteiger partial charge in [0.25, 0.3) is 6.20 Å². The summed E-state index contributed by atoms with van der Waals surface area (Å²) in [4.78, 5) is 14.1. The van der Waals surface area contributed by atoms with Crippen molar-refractivity contribution in [2.24, 2.45) is 0 Å². The summed E-state index contributed by atoms with van der Waals surface area (Å²) in [5, 5.41) is 16.7. The van der Waals surface area contributed by atoms with Gasteiger partial charge in [0.05, 0.1) is 4.92 Å². The number of nitrogens with zero attached hydrogens (tertiary/aromatic N) is 2. The fourth-order valence-corrected chi connectivity index (χ4v) is 2.20. The Balaban J connectivity index is 2.38. The summed E-state index contributed by atoms with van der Waals surface area (Å²) in [5.41, 5.74) is 0.976. The van der Waals surface area contributed by atoms with Gasteiger partial charge in [-0.3, -0.25) is 15.1 Å². The first-order chi connectivity index (χ1) is 9.72. The van der Waals surface area contributed by atoms with Gasteiger partial charge in [0.15, 0.2) is 5.82 Å². The van der Waals surface area contributed by atoms with Gasteiger partial charge in [0.1, 0.15) is 0 Å². The Hall–Kier alpha value is -1.76. The zero-order chi connectivity index (χ0) is 14.6. The number of nitro groups is 1. The first-order valence-corrected chi connectivity index (χ1v) is 7.67. The van der Waals surface area contributed by atoms with Crippen LogP contribution in [-0.4, -0.2) is 28.0 Å². The number of nitrogens with one attached hydrogen (secondary N) is 2. The van der Waals surface area contributed by atoms with Gasteiger partial charge >= 0.3 is 0 Å². The lowest BCUT2D eigenvalue weighted by Crippen LogP contribution is -2.28. The van der Waals surface area contributed by atoms with E-state index in [1.165, 1.54) is 0 Å². The molecule has 1 aromatic rings. The maximum absolute atomic E-state index is 10.6. The van der Waals surface area contributed by atoms with E-state index in [0.29, 0.717) is 18.9 Å². The van der Waals surface area contributed by atoms with E-state index in [1.54, 1.807) is 12.4 Å². The average Bonchev–Trinajstić information content (AvgIpc) is 2.45. The van der Waals surface area contributed by atoms with Gasteiger partial charge in [-0.05, 0) is 23.8 Å². The van der Waals surface area contributed by atoms with Crippen LogP contribution in [0.25, 0.3) is 0 Å². The van der Waals surface area contributed by atoms with E-state index in [-0.39, 0.29) is 0 Å². The van der Waals surface area contributed by atoms with Gasteiger partial charge in [0.2, 0.25) is 0 Å². The smallest absolute Gasteiger partial charge is 0.274 e. The lowest BCUT2D eigenvalue weighted by atomic mass is 10.3. The predicted octanol–water partition coefficient (Wildman–Crippen LogP) is 1.98. The van der Waals surface area contributed by atoms with E-state index in [0.717, 1.165) is 29.7 Å². The lowest BCUT2D eigenvalue weighted by molar-refractivity contribution is -0.404. The van der Waals surface area contributed by atoms with Gasteiger partial charge in [0, 0.05) is 31.2 Å². The summed E-state index contributed by atoms with van der Waals surface area (Å²) in [6, 6.07) is 3.75. The number of rotatable bonds is 10. The highest BCUT2D eigenvalue weighted by Gasteiger charge is 2.02. The predicted molar refractivity (Wildman–Crippen MR) is 81.8 cm³/mol. The van der Waals surface area contributed by atoms with Crippen molar-refractivity contribution in [1.82, 2.24) is 15.6 Å². The Morgan fingerprint density at radius 2 is 2.35 bits per heavy atom. The van der Waals surface area contributed by atoms with Crippen LogP contribution >= 0.6 is 11.8 Å². The Morgan fingerprint density at radius 3 is 3.00 bits per heavy atom. The first kappa shape index (κ1) is 16.3. The second kappa shape index (κ2) is 10.1. The third-order valence-corrected chi connectivity index (χ3v) is 3.54. The topological polar surface area (TPSA) is 80.1 Å². The lowest BCUT2D eigenvalue weighted by Gasteiger charge is -2.11. The average molecular weight is 296 g/mol. The summed E-state index contributed by atoms with van der Waals surface area (Å²) in [5.74, 6) is 2.47. The zero-order valence-corrected chi connectivity index (χ0v) is 12.4. The Morgan fingerprint density at radius 1 is 1.50 bits per heavy atom. The molecule has 0 aliphatic carbocycles. The molecule has 0 atom stereocenters. The maximum Gasteiger partial charge on any atom is 0.274 e. The van der Waals surface area contributed by atoms with E-state index >= 15 is 0 Å². The van der Waals surface area contributed by atoms with Crippen molar-refractivity contribution < 1.29 is 4.92 Å². The molecule has 0 spiro atoms. The number of thioether (sulfide) groups is 1. The molecule has 0 amide bonds. The highest BCUT2D eigenvalue weighted by atomic mass is 32.2. The molecule has 0 saturated carbocycles. The van der Waals surface area contributed by atoms with Gasteiger partial charge in [-0.1, -0.05) is 13.0 Å². The molecule has 0 aliphatic heterocycles. The molecule has 0 saturated heterocycles. The van der Waals surface area contributed by atoms with Crippen LogP contribution in [0.2, 0.25) is 0 Å². The molecule has 2 N–H and O–H groups in total. The van der Waals surface area contributed by atoms with Crippen molar-refractivity contribution in [1.29, 1.82) is 0 Å². The van der Waals surface area contributed by atoms with Crippen LogP contribution < -0.4 is 10.6 Å². The monoisotopic (exact) mass is 296 g/mol. The van der Waals surface area contributed by atoms with Crippen LogP contribution in [0.3, 0.4) is 0 Å². The van der Waals surface area contributed by atoms with Crippen molar-refractivity contribution in [3.63, 3.8) is 0 Å². The molecular weight excluding hydrogens is 276 g/mol. The van der Waals surface area contributed by atoms with E-state index < -0.39 is 4.92 Å². The van der Waals surface area contributed by atoms with E-state index in [2.05, 4.69) is 22.5 Å². The first-order valence-electron chi connectivity index (χ1n) is 6.52. The van der Waals surface area contributed by atoms with Crippen LogP contribution in [0.1, 0.15) is 18.9 Å². The molecule has 6 nitrogen and oxygen atoms in total. The summed E-state index contributed by atoms with van der Waals surface area (Å²) in [6.07, 6.45) is 5.52. The minimum atomic E-state index is -0.461. The van der Waals surface area contributed by atoms with Gasteiger partial charge in [-0.2, -0.15) is 11.8 Å². The summed E-state index contributed by atoms with van der Waals surface area (Å²) in [7, 11) is 0. The van der Waals surface area contributed by atoms with Gasteiger partial charge < -0.3 is 10.6 Å². The van der Waals surface area contributed by atoms with Gasteiger partial charge in [-0.25, -0.2) is 0 Å². The van der Waals surface area contributed by atoms with E-state index in [1.807, 2.05) is 23.9 Å². The highest BCUT2D eigenvalue weighted by Crippen LogP contribution is 2.01. The molecule has 0 unspecified atom stereocenters. The summed E-state index contributed by atoms with van der Waals surface area (Å²) >= 11 is 1.83. The number of aromatic nitrogens is 1. The quantitative estimate of drug-likeness (QED) is 0.390. The third kappa shape index (κ3) is 7.63. The molecule has 0 fully saturated rings. The molecule has 7 heteroatoms. The van der Waals surface area contributed by atoms with Crippen LogP contribution in [0.15, 0.2) is 36.5 Å². The molecule has 110 valence electrons. The van der Waals surface area contributed by atoms with E-state index in [4.69, 9.17) is 0 Å². The highest BCUT2D eigenvalue weighted by molar-refractivity contribution is 7.99. The number of hydrogen-bond acceptors (Lipinski definition) is 6. The minimum absolute atomic E-state index is 0.427. The van der Waals surface area contributed by atoms with Crippen molar-refractivity contribution in [2.45, 2.75) is 19.9 Å². The Bertz CT molecular complexity index is 426. The van der Waals surface area contributed by atoms with Crippen molar-refractivity contribution >= 4 is 11.8 Å². The number of hydrogen-bond donors (Lipinski definition) is 2. The van der Waals surface area contributed by atoms with Crippen LogP contribution in [0.5, 0.6) is 0 Å². The minimum Gasteiger partial charge on any atom is -0.366 e. The zero-order valence-electron chi connectivity index (χ0n) is 11.5. The number of pyridine rings is 1. The van der Waals surface area contributed by atoms with Crippen molar-refractivity contribution in [3.05, 3.63) is 52.2 Å². The SMILES string of the molecule is CCCSCCNC(=C[N+](=O)[O-])NCc1cccnc1. The van der Waals surface area contributed by atoms with Gasteiger partial charge in [-0.15, -0.1) is 0 Å². The second-order valence-corrected chi connectivity index (χ2v) is 5.31.